The van der Waals surface area contributed by atoms with Gasteiger partial charge < -0.3 is 4.74 Å². The SMILES string of the molecule is COC(c1cnn(C)c1)C(F)(F)F. The molecule has 74 valence electrons. The van der Waals surface area contributed by atoms with E-state index >= 15 is 0 Å². The van der Waals surface area contributed by atoms with E-state index < -0.39 is 12.3 Å². The molecule has 0 aliphatic heterocycles. The minimum Gasteiger partial charge on any atom is -0.367 e. The summed E-state index contributed by atoms with van der Waals surface area (Å²) in [5.74, 6) is 0. The first-order valence-corrected chi connectivity index (χ1v) is 3.53. The average molecular weight is 194 g/mol. The van der Waals surface area contributed by atoms with Crippen LogP contribution in [0.2, 0.25) is 0 Å². The molecule has 1 rings (SSSR count). The van der Waals surface area contributed by atoms with Gasteiger partial charge in [0.25, 0.3) is 0 Å². The van der Waals surface area contributed by atoms with Gasteiger partial charge in [0, 0.05) is 25.9 Å². The minimum absolute atomic E-state index is 0.0116. The van der Waals surface area contributed by atoms with Gasteiger partial charge in [-0.15, -0.1) is 0 Å². The molecule has 0 bridgehead atoms. The first-order valence-electron chi connectivity index (χ1n) is 3.53. The number of hydrogen-bond acceptors (Lipinski definition) is 2. The number of aryl methyl sites for hydroxylation is 1. The van der Waals surface area contributed by atoms with Crippen molar-refractivity contribution in [2.24, 2.45) is 7.05 Å². The van der Waals surface area contributed by atoms with Crippen LogP contribution >= 0.6 is 0 Å². The van der Waals surface area contributed by atoms with Gasteiger partial charge in [0.2, 0.25) is 0 Å². The van der Waals surface area contributed by atoms with Crippen LogP contribution in [0.25, 0.3) is 0 Å². The van der Waals surface area contributed by atoms with E-state index in [2.05, 4.69) is 9.84 Å². The Kier molecular flexibility index (Phi) is 2.60. The molecule has 0 spiro atoms. The summed E-state index contributed by atoms with van der Waals surface area (Å²) in [5.41, 5.74) is 0.0116. The second-order valence-electron chi connectivity index (χ2n) is 2.60. The van der Waals surface area contributed by atoms with Gasteiger partial charge >= 0.3 is 6.18 Å². The van der Waals surface area contributed by atoms with E-state index in [1.54, 1.807) is 7.05 Å². The zero-order valence-corrected chi connectivity index (χ0v) is 7.17. The third kappa shape index (κ3) is 2.21. The highest BCUT2D eigenvalue weighted by atomic mass is 19.4. The summed E-state index contributed by atoms with van der Waals surface area (Å²) in [4.78, 5) is 0. The lowest BCUT2D eigenvalue weighted by Crippen LogP contribution is -2.21. The normalized spacial score (nSPS) is 14.5. The Morgan fingerprint density at radius 2 is 2.15 bits per heavy atom. The predicted molar refractivity (Wildman–Crippen MR) is 39.0 cm³/mol. The van der Waals surface area contributed by atoms with Crippen molar-refractivity contribution in [3.05, 3.63) is 18.0 Å². The van der Waals surface area contributed by atoms with Crippen LogP contribution in [-0.2, 0) is 11.8 Å². The van der Waals surface area contributed by atoms with Crippen LogP contribution in [0.3, 0.4) is 0 Å². The standard InChI is InChI=1S/C7H9F3N2O/c1-12-4-5(3-11-12)6(13-2)7(8,9)10/h3-4,6H,1-2H3. The van der Waals surface area contributed by atoms with Gasteiger partial charge in [-0.2, -0.15) is 18.3 Å². The smallest absolute Gasteiger partial charge is 0.367 e. The van der Waals surface area contributed by atoms with E-state index in [4.69, 9.17) is 0 Å². The topological polar surface area (TPSA) is 27.1 Å². The van der Waals surface area contributed by atoms with Crippen molar-refractivity contribution >= 4 is 0 Å². The van der Waals surface area contributed by atoms with Crippen LogP contribution in [0, 0.1) is 0 Å². The number of hydrogen-bond donors (Lipinski definition) is 0. The summed E-state index contributed by atoms with van der Waals surface area (Å²) >= 11 is 0. The second kappa shape index (κ2) is 3.37. The number of nitrogens with zero attached hydrogens (tertiary/aromatic N) is 2. The number of alkyl halides is 3. The van der Waals surface area contributed by atoms with Gasteiger partial charge in [0.1, 0.15) is 0 Å². The Labute approximate surface area is 73.1 Å². The first kappa shape index (κ1) is 10.0. The number of ether oxygens (including phenoxy) is 1. The second-order valence-corrected chi connectivity index (χ2v) is 2.60. The molecule has 0 amide bonds. The molecule has 0 radical (unpaired) electrons. The molecule has 0 aromatic carbocycles. The molecule has 0 fully saturated rings. The van der Waals surface area contributed by atoms with Gasteiger partial charge in [0.05, 0.1) is 6.20 Å². The van der Waals surface area contributed by atoms with Gasteiger partial charge in [-0.05, 0) is 0 Å². The van der Waals surface area contributed by atoms with Crippen molar-refractivity contribution in [3.8, 4) is 0 Å². The van der Waals surface area contributed by atoms with E-state index in [-0.39, 0.29) is 5.56 Å². The maximum Gasteiger partial charge on any atom is 0.418 e. The van der Waals surface area contributed by atoms with Crippen molar-refractivity contribution in [3.63, 3.8) is 0 Å². The predicted octanol–water partition coefficient (Wildman–Crippen LogP) is 1.67. The van der Waals surface area contributed by atoms with E-state index in [9.17, 15) is 13.2 Å². The lowest BCUT2D eigenvalue weighted by molar-refractivity contribution is -0.216. The Balaban J connectivity index is 2.91. The molecular weight excluding hydrogens is 185 g/mol. The Morgan fingerprint density at radius 1 is 1.54 bits per heavy atom. The highest BCUT2D eigenvalue weighted by molar-refractivity contribution is 5.10. The quantitative estimate of drug-likeness (QED) is 0.716. The zero-order chi connectivity index (χ0) is 10.1. The van der Waals surface area contributed by atoms with Crippen LogP contribution in [-0.4, -0.2) is 23.1 Å². The summed E-state index contributed by atoms with van der Waals surface area (Å²) < 4.78 is 42.4. The van der Waals surface area contributed by atoms with Gasteiger partial charge in [-0.25, -0.2) is 0 Å². The monoisotopic (exact) mass is 194 g/mol. The molecule has 0 aliphatic carbocycles. The largest absolute Gasteiger partial charge is 0.418 e. The van der Waals surface area contributed by atoms with Gasteiger partial charge in [-0.1, -0.05) is 0 Å². The molecule has 0 saturated carbocycles. The van der Waals surface area contributed by atoms with Crippen LogP contribution in [0.1, 0.15) is 11.7 Å². The number of halogens is 3. The van der Waals surface area contributed by atoms with Gasteiger partial charge in [-0.3, -0.25) is 4.68 Å². The third-order valence-electron chi connectivity index (χ3n) is 1.56. The summed E-state index contributed by atoms with van der Waals surface area (Å²) in [6.45, 7) is 0. The Morgan fingerprint density at radius 3 is 2.46 bits per heavy atom. The molecule has 1 aromatic rings. The Bertz CT molecular complexity index is 282. The van der Waals surface area contributed by atoms with Crippen LogP contribution < -0.4 is 0 Å². The van der Waals surface area contributed by atoms with E-state index in [0.29, 0.717) is 0 Å². The molecule has 0 saturated heterocycles. The number of rotatable bonds is 2. The molecule has 1 heterocycles. The summed E-state index contributed by atoms with van der Waals surface area (Å²) in [6.07, 6.45) is -3.86. The molecule has 13 heavy (non-hydrogen) atoms. The van der Waals surface area contributed by atoms with Crippen molar-refractivity contribution in [1.29, 1.82) is 0 Å². The average Bonchev–Trinajstić information content (AvgIpc) is 2.34. The highest BCUT2D eigenvalue weighted by Crippen LogP contribution is 2.34. The van der Waals surface area contributed by atoms with Crippen molar-refractivity contribution in [2.45, 2.75) is 12.3 Å². The van der Waals surface area contributed by atoms with E-state index in [1.165, 1.54) is 10.9 Å². The molecule has 0 N–H and O–H groups in total. The van der Waals surface area contributed by atoms with Crippen molar-refractivity contribution < 1.29 is 17.9 Å². The maximum atomic E-state index is 12.3. The molecule has 6 heteroatoms. The van der Waals surface area contributed by atoms with E-state index in [1.807, 2.05) is 0 Å². The molecular formula is C7H9F3N2O. The van der Waals surface area contributed by atoms with Gasteiger partial charge in [0.15, 0.2) is 6.10 Å². The minimum atomic E-state index is -4.39. The van der Waals surface area contributed by atoms with Crippen molar-refractivity contribution in [1.82, 2.24) is 9.78 Å². The lowest BCUT2D eigenvalue weighted by atomic mass is 10.2. The summed E-state index contributed by atoms with van der Waals surface area (Å²) in [7, 11) is 2.57. The highest BCUT2D eigenvalue weighted by Gasteiger charge is 2.41. The zero-order valence-electron chi connectivity index (χ0n) is 7.17. The maximum absolute atomic E-state index is 12.3. The molecule has 1 aromatic heterocycles. The third-order valence-corrected chi connectivity index (χ3v) is 1.56. The fraction of sp³-hybridized carbons (Fsp3) is 0.571. The summed E-state index contributed by atoms with van der Waals surface area (Å²) in [6, 6.07) is 0. The summed E-state index contributed by atoms with van der Waals surface area (Å²) in [5, 5.41) is 3.64. The molecule has 0 aliphatic rings. The molecule has 1 atom stereocenters. The fourth-order valence-electron chi connectivity index (χ4n) is 1.03. The Hall–Kier alpha value is -1.04. The van der Waals surface area contributed by atoms with Crippen LogP contribution in [0.5, 0.6) is 0 Å². The molecule has 1 unspecified atom stereocenters. The van der Waals surface area contributed by atoms with Crippen molar-refractivity contribution in [2.75, 3.05) is 7.11 Å². The first-order chi connectivity index (χ1) is 5.95. The molecule has 3 nitrogen and oxygen atoms in total. The van der Waals surface area contributed by atoms with E-state index in [0.717, 1.165) is 13.3 Å². The number of methoxy groups -OCH3 is 1. The lowest BCUT2D eigenvalue weighted by Gasteiger charge is -2.16. The van der Waals surface area contributed by atoms with Crippen LogP contribution in [0.15, 0.2) is 12.4 Å². The van der Waals surface area contributed by atoms with Crippen LogP contribution in [0.4, 0.5) is 13.2 Å². The fourth-order valence-corrected chi connectivity index (χ4v) is 1.03. The number of aromatic nitrogens is 2.